The molecule has 1 unspecified atom stereocenters. The van der Waals surface area contributed by atoms with E-state index in [0.29, 0.717) is 12.8 Å². The number of rotatable bonds is 18. The summed E-state index contributed by atoms with van der Waals surface area (Å²) in [4.78, 5) is 13.4. The molecule has 2 atom stereocenters. The normalized spacial score (nSPS) is 21.5. The first-order valence-electron chi connectivity index (χ1n) is 13.2. The average molecular weight is 442 g/mol. The van der Waals surface area contributed by atoms with Crippen LogP contribution in [0.15, 0.2) is 0 Å². The van der Waals surface area contributed by atoms with Crippen molar-refractivity contribution in [2.24, 2.45) is 0 Å². The summed E-state index contributed by atoms with van der Waals surface area (Å²) < 4.78 is 5.85. The van der Waals surface area contributed by atoms with E-state index < -0.39 is 23.5 Å². The van der Waals surface area contributed by atoms with Crippen molar-refractivity contribution in [2.75, 3.05) is 6.61 Å². The average Bonchev–Trinajstić information content (AvgIpc) is 3.01. The predicted octanol–water partition coefficient (Wildman–Crippen LogP) is 7.50. The van der Waals surface area contributed by atoms with Gasteiger partial charge in [0.15, 0.2) is 0 Å². The molecule has 184 valence electrons. The van der Waals surface area contributed by atoms with Crippen molar-refractivity contribution in [1.82, 2.24) is 4.90 Å². The van der Waals surface area contributed by atoms with Crippen molar-refractivity contribution in [3.05, 3.63) is 0 Å². The van der Waals surface area contributed by atoms with Gasteiger partial charge in [-0.2, -0.15) is 0 Å². The Morgan fingerprint density at radius 3 is 1.74 bits per heavy atom. The van der Waals surface area contributed by atoms with E-state index in [1.165, 1.54) is 75.5 Å². The van der Waals surface area contributed by atoms with Crippen LogP contribution in [0.2, 0.25) is 0 Å². The van der Waals surface area contributed by atoms with Crippen LogP contribution in [0.4, 0.5) is 4.79 Å². The fraction of sp³-hybridized carbons (Fsp3) is 0.962. The highest BCUT2D eigenvalue weighted by Gasteiger charge is 2.57. The molecule has 1 aliphatic rings. The van der Waals surface area contributed by atoms with Crippen LogP contribution in [0.25, 0.3) is 0 Å². The number of amides is 1. The Morgan fingerprint density at radius 1 is 0.839 bits per heavy atom. The molecule has 1 heterocycles. The van der Waals surface area contributed by atoms with Crippen molar-refractivity contribution >= 4 is 6.09 Å². The van der Waals surface area contributed by atoms with Crippen LogP contribution < -0.4 is 0 Å². The SMILES string of the molecule is CCCCCCCCCCCCCCC[C@@H](O)C1(CCCC)COC(C)(C)N1C(=O)O. The molecule has 0 bridgehead atoms. The Hall–Kier alpha value is -0.810. The van der Waals surface area contributed by atoms with E-state index in [9.17, 15) is 15.0 Å². The van der Waals surface area contributed by atoms with E-state index in [0.717, 1.165) is 25.7 Å². The second-order valence-electron chi connectivity index (χ2n) is 10.1. The van der Waals surface area contributed by atoms with Crippen molar-refractivity contribution in [1.29, 1.82) is 0 Å². The summed E-state index contributed by atoms with van der Waals surface area (Å²) in [7, 11) is 0. The van der Waals surface area contributed by atoms with Crippen molar-refractivity contribution < 1.29 is 19.7 Å². The molecular formula is C26H51NO4. The first-order chi connectivity index (χ1) is 14.8. The summed E-state index contributed by atoms with van der Waals surface area (Å²) in [5, 5.41) is 20.9. The van der Waals surface area contributed by atoms with Crippen LogP contribution >= 0.6 is 0 Å². The maximum Gasteiger partial charge on any atom is 0.410 e. The minimum Gasteiger partial charge on any atom is -0.465 e. The van der Waals surface area contributed by atoms with Crippen LogP contribution in [0.3, 0.4) is 0 Å². The van der Waals surface area contributed by atoms with E-state index in [1.54, 1.807) is 13.8 Å². The van der Waals surface area contributed by atoms with Gasteiger partial charge in [-0.15, -0.1) is 0 Å². The number of carbonyl (C=O) groups is 1. The predicted molar refractivity (Wildman–Crippen MR) is 128 cm³/mol. The van der Waals surface area contributed by atoms with E-state index in [2.05, 4.69) is 13.8 Å². The van der Waals surface area contributed by atoms with Gasteiger partial charge in [0.25, 0.3) is 0 Å². The Balaban J connectivity index is 2.28. The van der Waals surface area contributed by atoms with E-state index >= 15 is 0 Å². The van der Waals surface area contributed by atoms with E-state index in [-0.39, 0.29) is 6.61 Å². The summed E-state index contributed by atoms with van der Waals surface area (Å²) in [6.07, 6.45) is 18.3. The van der Waals surface area contributed by atoms with Crippen molar-refractivity contribution in [2.45, 2.75) is 154 Å². The molecule has 5 nitrogen and oxygen atoms in total. The fourth-order valence-corrected chi connectivity index (χ4v) is 5.09. The molecule has 0 aliphatic carbocycles. The third kappa shape index (κ3) is 9.29. The van der Waals surface area contributed by atoms with Crippen LogP contribution in [0.5, 0.6) is 0 Å². The van der Waals surface area contributed by atoms with Gasteiger partial charge >= 0.3 is 6.09 Å². The topological polar surface area (TPSA) is 70.0 Å². The van der Waals surface area contributed by atoms with Gasteiger partial charge in [0.1, 0.15) is 5.72 Å². The number of ether oxygens (including phenoxy) is 1. The lowest BCUT2D eigenvalue weighted by Gasteiger charge is -2.43. The van der Waals surface area contributed by atoms with E-state index in [1.807, 2.05) is 0 Å². The Morgan fingerprint density at radius 2 is 1.29 bits per heavy atom. The number of hydrogen-bond donors (Lipinski definition) is 2. The molecule has 1 saturated heterocycles. The molecule has 5 heteroatoms. The zero-order chi connectivity index (χ0) is 23.2. The maximum atomic E-state index is 12.0. The molecule has 2 N–H and O–H groups in total. The summed E-state index contributed by atoms with van der Waals surface area (Å²) in [5.74, 6) is 0. The van der Waals surface area contributed by atoms with Gasteiger partial charge in [-0.3, -0.25) is 4.90 Å². The number of aliphatic hydroxyl groups is 1. The second kappa shape index (κ2) is 15.1. The van der Waals surface area contributed by atoms with Crippen LogP contribution in [0.1, 0.15) is 137 Å². The third-order valence-electron chi connectivity index (χ3n) is 7.02. The highest BCUT2D eigenvalue weighted by Crippen LogP contribution is 2.42. The maximum absolute atomic E-state index is 12.0. The standard InChI is InChI=1S/C26H51NO4/c1-5-7-9-10-11-12-13-14-15-16-17-18-19-20-23(28)26(21-8-6-2)22-31-25(3,4)27(26)24(29)30/h23,28H,5-22H2,1-4H3,(H,29,30)/t23-,26?/m1/s1. The highest BCUT2D eigenvalue weighted by atomic mass is 16.5. The third-order valence-corrected chi connectivity index (χ3v) is 7.02. The van der Waals surface area contributed by atoms with Gasteiger partial charge in [-0.25, -0.2) is 4.79 Å². The Labute approximate surface area is 191 Å². The number of unbranched alkanes of at least 4 members (excludes halogenated alkanes) is 13. The van der Waals surface area contributed by atoms with Gasteiger partial charge in [0.2, 0.25) is 0 Å². The van der Waals surface area contributed by atoms with Crippen molar-refractivity contribution in [3.63, 3.8) is 0 Å². The van der Waals surface area contributed by atoms with Crippen LogP contribution in [-0.4, -0.2) is 45.2 Å². The summed E-state index contributed by atoms with van der Waals surface area (Å²) in [5.41, 5.74) is -1.71. The molecule has 0 aromatic carbocycles. The number of hydrogen-bond acceptors (Lipinski definition) is 3. The molecule has 0 radical (unpaired) electrons. The van der Waals surface area contributed by atoms with Crippen LogP contribution in [0, 0.1) is 0 Å². The lowest BCUT2D eigenvalue weighted by Crippen LogP contribution is -2.61. The number of nitrogens with zero attached hydrogens (tertiary/aromatic N) is 1. The minimum absolute atomic E-state index is 0.284. The van der Waals surface area contributed by atoms with Gasteiger partial charge < -0.3 is 14.9 Å². The summed E-state index contributed by atoms with van der Waals surface area (Å²) in [6.45, 7) is 8.21. The lowest BCUT2D eigenvalue weighted by molar-refractivity contribution is -0.0646. The zero-order valence-corrected chi connectivity index (χ0v) is 21.0. The number of aliphatic hydroxyl groups excluding tert-OH is 1. The molecule has 0 aromatic rings. The first kappa shape index (κ1) is 28.2. The van der Waals surface area contributed by atoms with Gasteiger partial charge in [-0.05, 0) is 26.7 Å². The van der Waals surface area contributed by atoms with Gasteiger partial charge in [-0.1, -0.05) is 110 Å². The minimum atomic E-state index is -0.997. The quantitative estimate of drug-likeness (QED) is 0.216. The summed E-state index contributed by atoms with van der Waals surface area (Å²) in [6, 6.07) is 0. The molecule has 0 spiro atoms. The monoisotopic (exact) mass is 441 g/mol. The van der Waals surface area contributed by atoms with E-state index in [4.69, 9.17) is 4.74 Å². The number of carboxylic acid groups (broad SMARTS) is 1. The molecule has 31 heavy (non-hydrogen) atoms. The molecule has 0 saturated carbocycles. The molecule has 1 fully saturated rings. The largest absolute Gasteiger partial charge is 0.465 e. The Kier molecular flexibility index (Phi) is 13.8. The Bertz CT molecular complexity index is 482. The molecule has 1 aliphatic heterocycles. The highest BCUT2D eigenvalue weighted by molar-refractivity contribution is 5.67. The second-order valence-corrected chi connectivity index (χ2v) is 10.1. The molecular weight excluding hydrogens is 390 g/mol. The fourth-order valence-electron chi connectivity index (χ4n) is 5.09. The van der Waals surface area contributed by atoms with Gasteiger partial charge in [0, 0.05) is 0 Å². The molecule has 0 aromatic heterocycles. The van der Waals surface area contributed by atoms with Crippen LogP contribution in [-0.2, 0) is 4.74 Å². The lowest BCUT2D eigenvalue weighted by atomic mass is 9.83. The zero-order valence-electron chi connectivity index (χ0n) is 21.0. The first-order valence-corrected chi connectivity index (χ1v) is 13.2. The molecule has 1 amide bonds. The van der Waals surface area contributed by atoms with Gasteiger partial charge in [0.05, 0.1) is 18.2 Å². The smallest absolute Gasteiger partial charge is 0.410 e. The molecule has 1 rings (SSSR count). The summed E-state index contributed by atoms with van der Waals surface area (Å²) >= 11 is 0. The van der Waals surface area contributed by atoms with Crippen molar-refractivity contribution in [3.8, 4) is 0 Å².